The van der Waals surface area contributed by atoms with E-state index in [-0.39, 0.29) is 11.9 Å². The molecule has 0 saturated heterocycles. The molecular formula is C12H18N2OS. The van der Waals surface area contributed by atoms with Crippen LogP contribution < -0.4 is 5.32 Å². The summed E-state index contributed by atoms with van der Waals surface area (Å²) in [6.45, 7) is 0.707. The van der Waals surface area contributed by atoms with Crippen molar-refractivity contribution in [2.24, 2.45) is 5.92 Å². The fourth-order valence-corrected chi connectivity index (χ4v) is 2.46. The number of nitrogens with one attached hydrogen (secondary N) is 1. The summed E-state index contributed by atoms with van der Waals surface area (Å²) in [5, 5.41) is 7.26. The zero-order valence-corrected chi connectivity index (χ0v) is 10.6. The summed E-state index contributed by atoms with van der Waals surface area (Å²) < 4.78 is 0. The molecule has 88 valence electrons. The highest BCUT2D eigenvalue weighted by molar-refractivity contribution is 7.07. The second-order valence-corrected chi connectivity index (χ2v) is 5.34. The maximum atomic E-state index is 11.6. The van der Waals surface area contributed by atoms with E-state index in [4.69, 9.17) is 0 Å². The van der Waals surface area contributed by atoms with E-state index in [0.29, 0.717) is 12.5 Å². The van der Waals surface area contributed by atoms with Crippen molar-refractivity contribution in [1.82, 2.24) is 10.2 Å². The van der Waals surface area contributed by atoms with Crippen LogP contribution in [0.5, 0.6) is 0 Å². The van der Waals surface area contributed by atoms with Gasteiger partial charge in [-0.3, -0.25) is 4.79 Å². The van der Waals surface area contributed by atoms with Crippen molar-refractivity contribution in [2.45, 2.75) is 18.9 Å². The molecule has 1 N–H and O–H groups in total. The first-order chi connectivity index (χ1) is 7.68. The van der Waals surface area contributed by atoms with Crippen molar-refractivity contribution >= 4 is 17.2 Å². The van der Waals surface area contributed by atoms with Crippen molar-refractivity contribution in [2.75, 3.05) is 20.6 Å². The molecule has 1 heterocycles. The van der Waals surface area contributed by atoms with Crippen LogP contribution in [0.1, 0.15) is 24.4 Å². The quantitative estimate of drug-likeness (QED) is 0.849. The van der Waals surface area contributed by atoms with Crippen molar-refractivity contribution in [3.63, 3.8) is 0 Å². The average Bonchev–Trinajstić information content (AvgIpc) is 2.96. The zero-order valence-electron chi connectivity index (χ0n) is 9.77. The third-order valence-electron chi connectivity index (χ3n) is 2.97. The van der Waals surface area contributed by atoms with Gasteiger partial charge in [-0.1, -0.05) is 0 Å². The van der Waals surface area contributed by atoms with E-state index < -0.39 is 0 Å². The van der Waals surface area contributed by atoms with Gasteiger partial charge >= 0.3 is 0 Å². The molecule has 2 rings (SSSR count). The Labute approximate surface area is 100 Å². The Morgan fingerprint density at radius 2 is 2.38 bits per heavy atom. The standard InChI is InChI=1S/C12H18N2OS/c1-14(2)11(10-5-6-16-8-10)7-13-12(15)9-3-4-9/h5-6,8-9,11H,3-4,7H2,1-2H3,(H,13,15)/t11-/m1/s1. The number of hydrogen-bond acceptors (Lipinski definition) is 3. The van der Waals surface area contributed by atoms with E-state index in [1.807, 2.05) is 14.1 Å². The third-order valence-corrected chi connectivity index (χ3v) is 3.67. The minimum absolute atomic E-state index is 0.224. The number of thiophene rings is 1. The Balaban J connectivity index is 1.90. The summed E-state index contributed by atoms with van der Waals surface area (Å²) in [5.74, 6) is 0.521. The summed E-state index contributed by atoms with van der Waals surface area (Å²) in [7, 11) is 4.09. The molecule has 1 aromatic heterocycles. The fourth-order valence-electron chi connectivity index (χ4n) is 1.75. The van der Waals surface area contributed by atoms with E-state index in [0.717, 1.165) is 12.8 Å². The van der Waals surface area contributed by atoms with Gasteiger partial charge in [-0.25, -0.2) is 0 Å². The van der Waals surface area contributed by atoms with Crippen LogP contribution >= 0.6 is 11.3 Å². The van der Waals surface area contributed by atoms with Gasteiger partial charge in [0.15, 0.2) is 0 Å². The van der Waals surface area contributed by atoms with Crippen molar-refractivity contribution in [3.8, 4) is 0 Å². The van der Waals surface area contributed by atoms with Gasteiger partial charge in [-0.2, -0.15) is 11.3 Å². The Morgan fingerprint density at radius 3 is 2.88 bits per heavy atom. The molecule has 1 saturated carbocycles. The monoisotopic (exact) mass is 238 g/mol. The lowest BCUT2D eigenvalue weighted by Gasteiger charge is -2.24. The molecule has 1 aliphatic rings. The highest BCUT2D eigenvalue weighted by Crippen LogP contribution is 2.29. The molecule has 3 nitrogen and oxygen atoms in total. The Hall–Kier alpha value is -0.870. The van der Waals surface area contributed by atoms with E-state index in [9.17, 15) is 4.79 Å². The second-order valence-electron chi connectivity index (χ2n) is 4.56. The number of hydrogen-bond donors (Lipinski definition) is 1. The van der Waals surface area contributed by atoms with Crippen molar-refractivity contribution in [3.05, 3.63) is 22.4 Å². The van der Waals surface area contributed by atoms with Crippen LogP contribution in [0.15, 0.2) is 16.8 Å². The summed E-state index contributed by atoms with van der Waals surface area (Å²) >= 11 is 1.70. The molecule has 0 aromatic carbocycles. The molecule has 16 heavy (non-hydrogen) atoms. The number of nitrogens with zero attached hydrogens (tertiary/aromatic N) is 1. The molecule has 0 unspecified atom stereocenters. The van der Waals surface area contributed by atoms with Gasteiger partial charge in [-0.05, 0) is 49.3 Å². The van der Waals surface area contributed by atoms with Gasteiger partial charge in [0.25, 0.3) is 0 Å². The van der Waals surface area contributed by atoms with Crippen LogP contribution in [0, 0.1) is 5.92 Å². The van der Waals surface area contributed by atoms with Gasteiger partial charge in [0.1, 0.15) is 0 Å². The van der Waals surface area contributed by atoms with Crippen LogP contribution in [-0.2, 0) is 4.79 Å². The van der Waals surface area contributed by atoms with Gasteiger partial charge in [0.2, 0.25) is 5.91 Å². The van der Waals surface area contributed by atoms with E-state index in [1.165, 1.54) is 5.56 Å². The molecule has 0 spiro atoms. The smallest absolute Gasteiger partial charge is 0.223 e. The summed E-state index contributed by atoms with van der Waals surface area (Å²) in [6.07, 6.45) is 2.13. The number of likely N-dealkylation sites (N-methyl/N-ethyl adjacent to an activating group) is 1. The molecule has 1 aliphatic carbocycles. The van der Waals surface area contributed by atoms with Crippen molar-refractivity contribution < 1.29 is 4.79 Å². The highest BCUT2D eigenvalue weighted by Gasteiger charge is 2.30. The summed E-state index contributed by atoms with van der Waals surface area (Å²) in [5.41, 5.74) is 1.28. The Morgan fingerprint density at radius 1 is 1.62 bits per heavy atom. The van der Waals surface area contributed by atoms with Crippen molar-refractivity contribution in [1.29, 1.82) is 0 Å². The average molecular weight is 238 g/mol. The number of amides is 1. The van der Waals surface area contributed by atoms with Crippen LogP contribution in [0.25, 0.3) is 0 Å². The number of rotatable bonds is 5. The minimum Gasteiger partial charge on any atom is -0.354 e. The fraction of sp³-hybridized carbons (Fsp3) is 0.583. The van der Waals surface area contributed by atoms with Gasteiger partial charge in [0.05, 0.1) is 6.04 Å². The van der Waals surface area contributed by atoms with Crippen LogP contribution in [0.3, 0.4) is 0 Å². The lowest BCUT2D eigenvalue weighted by molar-refractivity contribution is -0.122. The molecule has 1 fully saturated rings. The summed E-state index contributed by atoms with van der Waals surface area (Å²) in [4.78, 5) is 13.7. The predicted octanol–water partition coefficient (Wildman–Crippen LogP) is 1.88. The predicted molar refractivity (Wildman–Crippen MR) is 66.5 cm³/mol. The first-order valence-corrected chi connectivity index (χ1v) is 6.59. The minimum atomic E-state index is 0.224. The molecule has 1 aromatic rings. The Bertz CT molecular complexity index is 344. The molecule has 0 aliphatic heterocycles. The largest absolute Gasteiger partial charge is 0.354 e. The van der Waals surface area contributed by atoms with Crippen LogP contribution in [0.2, 0.25) is 0 Å². The van der Waals surface area contributed by atoms with E-state index >= 15 is 0 Å². The van der Waals surface area contributed by atoms with Gasteiger partial charge in [0, 0.05) is 12.5 Å². The zero-order chi connectivity index (χ0) is 11.5. The van der Waals surface area contributed by atoms with Crippen LogP contribution in [0.4, 0.5) is 0 Å². The molecule has 0 radical (unpaired) electrons. The molecule has 0 bridgehead atoms. The van der Waals surface area contributed by atoms with Gasteiger partial charge in [-0.15, -0.1) is 0 Å². The normalized spacial score (nSPS) is 17.4. The molecular weight excluding hydrogens is 220 g/mol. The number of carbonyl (C=O) groups is 1. The lowest BCUT2D eigenvalue weighted by atomic mass is 10.1. The maximum Gasteiger partial charge on any atom is 0.223 e. The van der Waals surface area contributed by atoms with E-state index in [2.05, 4.69) is 27.0 Å². The lowest BCUT2D eigenvalue weighted by Crippen LogP contribution is -2.35. The Kier molecular flexibility index (Phi) is 3.61. The topological polar surface area (TPSA) is 32.3 Å². The van der Waals surface area contributed by atoms with Gasteiger partial charge < -0.3 is 10.2 Å². The molecule has 4 heteroatoms. The first-order valence-electron chi connectivity index (χ1n) is 5.64. The molecule has 1 amide bonds. The second kappa shape index (κ2) is 4.97. The number of carbonyl (C=O) groups excluding carboxylic acids is 1. The third kappa shape index (κ3) is 2.83. The first kappa shape index (κ1) is 11.6. The summed E-state index contributed by atoms with van der Waals surface area (Å²) in [6, 6.07) is 2.41. The van der Waals surface area contributed by atoms with Crippen LogP contribution in [-0.4, -0.2) is 31.4 Å². The van der Waals surface area contributed by atoms with E-state index in [1.54, 1.807) is 11.3 Å². The SMILES string of the molecule is CN(C)[C@H](CNC(=O)C1CC1)c1ccsc1. The maximum absolute atomic E-state index is 11.6. The highest BCUT2D eigenvalue weighted by atomic mass is 32.1. The molecule has 1 atom stereocenters.